The third-order valence-corrected chi connectivity index (χ3v) is 2.62. The SMILES string of the molecule is COc1ncc(C#N)c2ccc(Br)cc12. The zero-order valence-electron chi connectivity index (χ0n) is 7.99. The van der Waals surface area contributed by atoms with Crippen molar-refractivity contribution in [2.24, 2.45) is 0 Å². The monoisotopic (exact) mass is 262 g/mol. The Kier molecular flexibility index (Phi) is 2.57. The number of pyridine rings is 1. The minimum Gasteiger partial charge on any atom is -0.481 e. The summed E-state index contributed by atoms with van der Waals surface area (Å²) in [5.74, 6) is 0.533. The van der Waals surface area contributed by atoms with E-state index >= 15 is 0 Å². The summed E-state index contributed by atoms with van der Waals surface area (Å²) >= 11 is 3.38. The number of methoxy groups -OCH3 is 1. The topological polar surface area (TPSA) is 45.9 Å². The van der Waals surface area contributed by atoms with E-state index in [4.69, 9.17) is 10.00 Å². The molecule has 1 heterocycles. The van der Waals surface area contributed by atoms with Crippen LogP contribution in [0.15, 0.2) is 28.9 Å². The molecule has 0 fully saturated rings. The van der Waals surface area contributed by atoms with E-state index in [1.54, 1.807) is 7.11 Å². The van der Waals surface area contributed by atoms with Crippen LogP contribution in [-0.4, -0.2) is 12.1 Å². The third-order valence-electron chi connectivity index (χ3n) is 2.13. The molecule has 0 aliphatic rings. The van der Waals surface area contributed by atoms with Crippen molar-refractivity contribution < 1.29 is 4.74 Å². The summed E-state index contributed by atoms with van der Waals surface area (Å²) in [5.41, 5.74) is 0.554. The molecule has 0 bridgehead atoms. The zero-order valence-corrected chi connectivity index (χ0v) is 9.58. The van der Waals surface area contributed by atoms with Crippen LogP contribution >= 0.6 is 15.9 Å². The van der Waals surface area contributed by atoms with Crippen LogP contribution in [-0.2, 0) is 0 Å². The van der Waals surface area contributed by atoms with Crippen molar-refractivity contribution in [1.82, 2.24) is 4.98 Å². The van der Waals surface area contributed by atoms with Gasteiger partial charge in [0, 0.05) is 21.4 Å². The molecule has 3 nitrogen and oxygen atoms in total. The molecule has 15 heavy (non-hydrogen) atoms. The molecule has 0 radical (unpaired) electrons. The van der Waals surface area contributed by atoms with E-state index in [0.717, 1.165) is 15.2 Å². The predicted molar refractivity (Wildman–Crippen MR) is 60.7 cm³/mol. The number of benzene rings is 1. The highest BCUT2D eigenvalue weighted by atomic mass is 79.9. The first kappa shape index (κ1) is 9.94. The summed E-state index contributed by atoms with van der Waals surface area (Å²) in [7, 11) is 1.56. The van der Waals surface area contributed by atoms with Crippen LogP contribution in [0, 0.1) is 11.3 Å². The number of rotatable bonds is 1. The zero-order chi connectivity index (χ0) is 10.8. The van der Waals surface area contributed by atoms with Gasteiger partial charge in [-0.15, -0.1) is 0 Å². The van der Waals surface area contributed by atoms with Gasteiger partial charge >= 0.3 is 0 Å². The molecule has 4 heteroatoms. The average molecular weight is 263 g/mol. The molecule has 0 saturated heterocycles. The van der Waals surface area contributed by atoms with Crippen LogP contribution in [0.2, 0.25) is 0 Å². The Labute approximate surface area is 95.4 Å². The summed E-state index contributed by atoms with van der Waals surface area (Å²) in [6, 6.07) is 7.77. The molecule has 1 aromatic carbocycles. The molecule has 74 valence electrons. The fourth-order valence-electron chi connectivity index (χ4n) is 1.44. The maximum Gasteiger partial charge on any atom is 0.221 e. The Balaban J connectivity index is 2.88. The van der Waals surface area contributed by atoms with Crippen LogP contribution in [0.4, 0.5) is 0 Å². The quantitative estimate of drug-likeness (QED) is 0.794. The van der Waals surface area contributed by atoms with E-state index in [2.05, 4.69) is 27.0 Å². The number of aromatic nitrogens is 1. The number of nitrogens with zero attached hydrogens (tertiary/aromatic N) is 2. The number of nitriles is 1. The molecule has 0 amide bonds. The molecule has 2 aromatic rings. The first-order valence-corrected chi connectivity index (χ1v) is 5.08. The predicted octanol–water partition coefficient (Wildman–Crippen LogP) is 2.88. The van der Waals surface area contributed by atoms with Gasteiger partial charge in [0.25, 0.3) is 0 Å². The van der Waals surface area contributed by atoms with Gasteiger partial charge in [-0.05, 0) is 12.1 Å². The molecular weight excluding hydrogens is 256 g/mol. The Morgan fingerprint density at radius 3 is 2.87 bits per heavy atom. The lowest BCUT2D eigenvalue weighted by Gasteiger charge is -2.05. The molecule has 2 rings (SSSR count). The summed E-state index contributed by atoms with van der Waals surface area (Å²) < 4.78 is 6.08. The molecule has 0 spiro atoms. The average Bonchev–Trinajstić information content (AvgIpc) is 2.27. The van der Waals surface area contributed by atoms with Crippen LogP contribution in [0.5, 0.6) is 5.88 Å². The molecule has 0 N–H and O–H groups in total. The second kappa shape index (κ2) is 3.87. The summed E-state index contributed by atoms with van der Waals surface area (Å²) in [6.07, 6.45) is 1.52. The molecule has 0 aliphatic carbocycles. The first-order chi connectivity index (χ1) is 7.26. The van der Waals surface area contributed by atoms with Crippen molar-refractivity contribution in [3.63, 3.8) is 0 Å². The van der Waals surface area contributed by atoms with Gasteiger partial charge in [0.2, 0.25) is 5.88 Å². The van der Waals surface area contributed by atoms with Gasteiger partial charge in [-0.1, -0.05) is 22.0 Å². The third kappa shape index (κ3) is 1.66. The Morgan fingerprint density at radius 2 is 2.20 bits per heavy atom. The highest BCUT2D eigenvalue weighted by molar-refractivity contribution is 9.10. The van der Waals surface area contributed by atoms with Crippen molar-refractivity contribution in [3.05, 3.63) is 34.4 Å². The van der Waals surface area contributed by atoms with Gasteiger partial charge in [-0.2, -0.15) is 5.26 Å². The van der Waals surface area contributed by atoms with Crippen LogP contribution in [0.25, 0.3) is 10.8 Å². The molecule has 0 saturated carbocycles. The lowest BCUT2D eigenvalue weighted by molar-refractivity contribution is 0.403. The first-order valence-electron chi connectivity index (χ1n) is 4.28. The van der Waals surface area contributed by atoms with E-state index in [9.17, 15) is 0 Å². The summed E-state index contributed by atoms with van der Waals surface area (Å²) in [6.45, 7) is 0. The lowest BCUT2D eigenvalue weighted by Crippen LogP contribution is -1.91. The van der Waals surface area contributed by atoms with Gasteiger partial charge in [0.15, 0.2) is 0 Å². The van der Waals surface area contributed by atoms with Crippen molar-refractivity contribution in [1.29, 1.82) is 5.26 Å². The smallest absolute Gasteiger partial charge is 0.221 e. The summed E-state index contributed by atoms with van der Waals surface area (Å²) in [5, 5.41) is 10.6. The van der Waals surface area contributed by atoms with Crippen molar-refractivity contribution in [3.8, 4) is 11.9 Å². The van der Waals surface area contributed by atoms with Crippen LogP contribution in [0.3, 0.4) is 0 Å². The minimum atomic E-state index is 0.533. The van der Waals surface area contributed by atoms with Crippen molar-refractivity contribution >= 4 is 26.7 Å². The van der Waals surface area contributed by atoms with E-state index in [-0.39, 0.29) is 0 Å². The van der Waals surface area contributed by atoms with Gasteiger partial charge in [-0.3, -0.25) is 0 Å². The largest absolute Gasteiger partial charge is 0.481 e. The summed E-state index contributed by atoms with van der Waals surface area (Å²) in [4.78, 5) is 4.07. The number of ether oxygens (including phenoxy) is 1. The molecular formula is C11H7BrN2O. The number of halogens is 1. The van der Waals surface area contributed by atoms with Crippen molar-refractivity contribution in [2.75, 3.05) is 7.11 Å². The van der Waals surface area contributed by atoms with Gasteiger partial charge in [-0.25, -0.2) is 4.98 Å². The van der Waals surface area contributed by atoms with E-state index in [1.165, 1.54) is 6.20 Å². The highest BCUT2D eigenvalue weighted by Crippen LogP contribution is 2.28. The Bertz CT molecular complexity index is 560. The van der Waals surface area contributed by atoms with E-state index in [0.29, 0.717) is 11.4 Å². The molecule has 0 aliphatic heterocycles. The fraction of sp³-hybridized carbons (Fsp3) is 0.0909. The normalized spacial score (nSPS) is 9.93. The Morgan fingerprint density at radius 1 is 1.40 bits per heavy atom. The maximum absolute atomic E-state index is 8.93. The van der Waals surface area contributed by atoms with Gasteiger partial charge in [0.1, 0.15) is 6.07 Å². The number of hydrogen-bond acceptors (Lipinski definition) is 3. The van der Waals surface area contributed by atoms with Gasteiger partial charge in [0.05, 0.1) is 12.7 Å². The highest BCUT2D eigenvalue weighted by Gasteiger charge is 2.07. The second-order valence-electron chi connectivity index (χ2n) is 2.98. The number of hydrogen-bond donors (Lipinski definition) is 0. The van der Waals surface area contributed by atoms with E-state index < -0.39 is 0 Å². The van der Waals surface area contributed by atoms with Crippen LogP contribution in [0.1, 0.15) is 5.56 Å². The van der Waals surface area contributed by atoms with E-state index in [1.807, 2.05) is 18.2 Å². The standard InChI is InChI=1S/C11H7BrN2O/c1-15-11-10-4-8(12)2-3-9(10)7(5-13)6-14-11/h2-4,6H,1H3. The number of fused-ring (bicyclic) bond motifs is 1. The minimum absolute atomic E-state index is 0.533. The molecule has 0 atom stereocenters. The Hall–Kier alpha value is -1.60. The maximum atomic E-state index is 8.93. The molecule has 1 aromatic heterocycles. The van der Waals surface area contributed by atoms with Crippen LogP contribution < -0.4 is 4.74 Å². The second-order valence-corrected chi connectivity index (χ2v) is 3.90. The van der Waals surface area contributed by atoms with Gasteiger partial charge < -0.3 is 4.74 Å². The fourth-order valence-corrected chi connectivity index (χ4v) is 1.80. The van der Waals surface area contributed by atoms with Crippen molar-refractivity contribution in [2.45, 2.75) is 0 Å². The lowest BCUT2D eigenvalue weighted by atomic mass is 10.1. The molecule has 0 unspecified atom stereocenters.